The van der Waals surface area contributed by atoms with E-state index in [2.05, 4.69) is 5.32 Å². The Kier molecular flexibility index (Phi) is 2.52. The fraction of sp³-hybridized carbons (Fsp3) is 0.286. The van der Waals surface area contributed by atoms with E-state index in [1.165, 1.54) is 0 Å². The van der Waals surface area contributed by atoms with Crippen LogP contribution in [-0.4, -0.2) is 12.2 Å². The van der Waals surface area contributed by atoms with Crippen LogP contribution in [0.15, 0.2) is 22.9 Å². The summed E-state index contributed by atoms with van der Waals surface area (Å²) in [6.07, 6.45) is -2.93. The lowest BCUT2D eigenvalue weighted by molar-refractivity contribution is -0.0887. The molecule has 0 amide bonds. The second-order valence-corrected chi connectivity index (χ2v) is 2.77. The number of nitriles is 1. The van der Waals surface area contributed by atoms with Crippen LogP contribution in [0.2, 0.25) is 0 Å². The molecule has 1 unspecified atom stereocenters. The monoisotopic (exact) mass is 208 g/mol. The van der Waals surface area contributed by atoms with E-state index in [9.17, 15) is 13.2 Å². The highest BCUT2D eigenvalue weighted by atomic mass is 35.5. The summed E-state index contributed by atoms with van der Waals surface area (Å²) >= 11 is 5.35. The van der Waals surface area contributed by atoms with Crippen LogP contribution >= 0.6 is 11.6 Å². The Morgan fingerprint density at radius 3 is 2.62 bits per heavy atom. The van der Waals surface area contributed by atoms with Crippen molar-refractivity contribution in [3.63, 3.8) is 0 Å². The fourth-order valence-electron chi connectivity index (χ4n) is 0.842. The van der Waals surface area contributed by atoms with Crippen LogP contribution in [0.1, 0.15) is 0 Å². The van der Waals surface area contributed by atoms with E-state index in [-0.39, 0.29) is 5.16 Å². The number of hydrogen-bond acceptors (Lipinski definition) is 2. The van der Waals surface area contributed by atoms with Gasteiger partial charge in [-0.1, -0.05) is 11.6 Å². The van der Waals surface area contributed by atoms with Crippen molar-refractivity contribution in [2.45, 2.75) is 12.2 Å². The minimum absolute atomic E-state index is 0.179. The molecule has 0 saturated carbocycles. The number of nitrogens with one attached hydrogen (secondary N) is 1. The molecule has 1 N–H and O–H groups in total. The molecule has 70 valence electrons. The van der Waals surface area contributed by atoms with Crippen molar-refractivity contribution in [3.05, 3.63) is 22.9 Å². The first-order valence-electron chi connectivity index (χ1n) is 3.26. The van der Waals surface area contributed by atoms with E-state index < -0.39 is 17.8 Å². The second kappa shape index (κ2) is 3.30. The van der Waals surface area contributed by atoms with Gasteiger partial charge >= 0.3 is 6.18 Å². The van der Waals surface area contributed by atoms with Crippen LogP contribution in [0.25, 0.3) is 0 Å². The zero-order valence-corrected chi connectivity index (χ0v) is 6.95. The summed E-state index contributed by atoms with van der Waals surface area (Å²) in [5.41, 5.74) is -0.900. The maximum absolute atomic E-state index is 12.1. The van der Waals surface area contributed by atoms with Crippen molar-refractivity contribution < 1.29 is 13.2 Å². The number of nitrogens with zero attached hydrogens (tertiary/aromatic N) is 1. The molecule has 0 spiro atoms. The Bertz CT molecular complexity index is 311. The highest BCUT2D eigenvalue weighted by Crippen LogP contribution is 2.29. The third-order valence-electron chi connectivity index (χ3n) is 1.39. The quantitative estimate of drug-likeness (QED) is 0.619. The topological polar surface area (TPSA) is 35.8 Å². The molecule has 1 heterocycles. The van der Waals surface area contributed by atoms with Gasteiger partial charge in [-0.05, 0) is 12.2 Å². The van der Waals surface area contributed by atoms with Gasteiger partial charge in [0, 0.05) is 0 Å². The number of rotatable bonds is 0. The molecule has 0 aromatic carbocycles. The highest BCUT2D eigenvalue weighted by Gasteiger charge is 2.34. The van der Waals surface area contributed by atoms with E-state index in [0.29, 0.717) is 0 Å². The molecule has 1 aliphatic heterocycles. The number of allylic oxidation sites excluding steroid dienone is 2. The van der Waals surface area contributed by atoms with Crippen molar-refractivity contribution in [2.24, 2.45) is 0 Å². The molecule has 1 rings (SSSR count). The van der Waals surface area contributed by atoms with Gasteiger partial charge in [0.25, 0.3) is 0 Å². The molecule has 0 bridgehead atoms. The SMILES string of the molecule is N#CC1C=C(C(F)(F)F)C=C(Cl)N1. The average molecular weight is 209 g/mol. The minimum atomic E-state index is -4.46. The Morgan fingerprint density at radius 1 is 1.54 bits per heavy atom. The van der Waals surface area contributed by atoms with Gasteiger partial charge in [0.05, 0.1) is 11.6 Å². The van der Waals surface area contributed by atoms with Crippen LogP contribution in [0.5, 0.6) is 0 Å². The van der Waals surface area contributed by atoms with Gasteiger partial charge in [-0.2, -0.15) is 18.4 Å². The normalized spacial score (nSPS) is 22.5. The summed E-state index contributed by atoms with van der Waals surface area (Å²) in [6.45, 7) is 0. The van der Waals surface area contributed by atoms with E-state index in [4.69, 9.17) is 16.9 Å². The average Bonchev–Trinajstić information content (AvgIpc) is 2.01. The van der Waals surface area contributed by atoms with Crippen molar-refractivity contribution in [1.82, 2.24) is 5.32 Å². The van der Waals surface area contributed by atoms with Crippen LogP contribution in [-0.2, 0) is 0 Å². The maximum atomic E-state index is 12.1. The molecular formula is C7H4ClF3N2. The lowest BCUT2D eigenvalue weighted by Crippen LogP contribution is -2.29. The van der Waals surface area contributed by atoms with E-state index in [1.807, 2.05) is 0 Å². The van der Waals surface area contributed by atoms with Crippen molar-refractivity contribution >= 4 is 11.6 Å². The third kappa shape index (κ3) is 2.39. The third-order valence-corrected chi connectivity index (χ3v) is 1.61. The van der Waals surface area contributed by atoms with Crippen LogP contribution in [0.3, 0.4) is 0 Å². The summed E-state index contributed by atoms with van der Waals surface area (Å²) in [5.74, 6) is 0. The number of hydrogen-bond donors (Lipinski definition) is 1. The predicted octanol–water partition coefficient (Wildman–Crippen LogP) is 2.05. The molecule has 6 heteroatoms. The molecule has 0 aliphatic carbocycles. The molecule has 0 saturated heterocycles. The van der Waals surface area contributed by atoms with Crippen molar-refractivity contribution in [2.75, 3.05) is 0 Å². The maximum Gasteiger partial charge on any atom is 0.416 e. The summed E-state index contributed by atoms with van der Waals surface area (Å²) < 4.78 is 36.3. The number of halogens is 4. The largest absolute Gasteiger partial charge is 0.416 e. The molecule has 0 fully saturated rings. The Morgan fingerprint density at radius 2 is 2.15 bits per heavy atom. The molecule has 0 aromatic heterocycles. The van der Waals surface area contributed by atoms with Crippen LogP contribution in [0.4, 0.5) is 13.2 Å². The van der Waals surface area contributed by atoms with Crippen LogP contribution < -0.4 is 5.32 Å². The first kappa shape index (κ1) is 9.93. The molecule has 1 aliphatic rings. The summed E-state index contributed by atoms with van der Waals surface area (Å²) in [4.78, 5) is 0. The Labute approximate surface area is 77.3 Å². The zero-order valence-electron chi connectivity index (χ0n) is 6.19. The summed E-state index contributed by atoms with van der Waals surface area (Å²) in [7, 11) is 0. The van der Waals surface area contributed by atoms with Crippen LogP contribution in [0, 0.1) is 11.3 Å². The minimum Gasteiger partial charge on any atom is -0.357 e. The molecule has 13 heavy (non-hydrogen) atoms. The van der Waals surface area contributed by atoms with Crippen molar-refractivity contribution in [3.8, 4) is 6.07 Å². The molecule has 2 nitrogen and oxygen atoms in total. The standard InChI is InChI=1S/C7H4ClF3N2/c8-6-2-4(7(9,10)11)1-5(3-12)13-6/h1-2,5,13H. The Hall–Kier alpha value is -1.15. The van der Waals surface area contributed by atoms with E-state index >= 15 is 0 Å². The number of alkyl halides is 3. The first-order valence-corrected chi connectivity index (χ1v) is 3.63. The van der Waals surface area contributed by atoms with E-state index in [1.54, 1.807) is 6.07 Å². The van der Waals surface area contributed by atoms with Crippen molar-refractivity contribution in [1.29, 1.82) is 5.26 Å². The molecule has 0 radical (unpaired) electrons. The smallest absolute Gasteiger partial charge is 0.357 e. The van der Waals surface area contributed by atoms with Gasteiger partial charge < -0.3 is 5.32 Å². The molecular weight excluding hydrogens is 205 g/mol. The van der Waals surface area contributed by atoms with Gasteiger partial charge in [-0.3, -0.25) is 0 Å². The Balaban J connectivity index is 2.98. The van der Waals surface area contributed by atoms with Gasteiger partial charge in [0.1, 0.15) is 11.2 Å². The lowest BCUT2D eigenvalue weighted by Gasteiger charge is -2.17. The summed E-state index contributed by atoms with van der Waals surface area (Å²) in [6, 6.07) is 0.604. The fourth-order valence-corrected chi connectivity index (χ4v) is 1.08. The first-order chi connectivity index (χ1) is 5.93. The van der Waals surface area contributed by atoms with Gasteiger partial charge in [0.2, 0.25) is 0 Å². The lowest BCUT2D eigenvalue weighted by atomic mass is 10.1. The predicted molar refractivity (Wildman–Crippen MR) is 40.6 cm³/mol. The highest BCUT2D eigenvalue weighted by molar-refractivity contribution is 6.29. The molecule has 1 atom stereocenters. The second-order valence-electron chi connectivity index (χ2n) is 2.36. The number of dihydropyridines is 1. The van der Waals surface area contributed by atoms with E-state index in [0.717, 1.165) is 12.2 Å². The zero-order chi connectivity index (χ0) is 10.1. The van der Waals surface area contributed by atoms with Gasteiger partial charge in [-0.15, -0.1) is 0 Å². The molecule has 0 aromatic rings. The van der Waals surface area contributed by atoms with Gasteiger partial charge in [0.15, 0.2) is 0 Å². The van der Waals surface area contributed by atoms with Gasteiger partial charge in [-0.25, -0.2) is 0 Å². The summed E-state index contributed by atoms with van der Waals surface area (Å²) in [5, 5.41) is 10.6.